The van der Waals surface area contributed by atoms with Crippen molar-refractivity contribution in [2.45, 2.75) is 6.92 Å². The first-order valence-corrected chi connectivity index (χ1v) is 1.33. The Labute approximate surface area is 65.3 Å². The van der Waals surface area contributed by atoms with E-state index in [1.165, 1.54) is 0 Å². The first-order chi connectivity index (χ1) is 2.64. The molecule has 0 saturated heterocycles. The van der Waals surface area contributed by atoms with Crippen molar-refractivity contribution in [2.75, 3.05) is 0 Å². The van der Waals surface area contributed by atoms with Crippen LogP contribution in [0.3, 0.4) is 0 Å². The van der Waals surface area contributed by atoms with Crippen molar-refractivity contribution < 1.29 is 46.3 Å². The van der Waals surface area contributed by atoms with Crippen LogP contribution in [0.1, 0.15) is 6.92 Å². The first-order valence-electron chi connectivity index (χ1n) is 1.33. The average molecular weight is 182 g/mol. The van der Waals surface area contributed by atoms with E-state index in [2.05, 4.69) is 0 Å². The van der Waals surface area contributed by atoms with Gasteiger partial charge in [0.05, 0.1) is 5.78 Å². The molecule has 4 heteroatoms. The van der Waals surface area contributed by atoms with Gasteiger partial charge >= 0.3 is 0 Å². The molecule has 39 valence electrons. The van der Waals surface area contributed by atoms with Crippen LogP contribution >= 0.6 is 0 Å². The minimum absolute atomic E-state index is 0. The molecule has 0 amide bonds. The second-order valence-corrected chi connectivity index (χ2v) is 0.817. The molecule has 0 aliphatic carbocycles. The van der Waals surface area contributed by atoms with Crippen LogP contribution in [0.4, 0.5) is 8.78 Å². The number of hydrogen-bond acceptors (Lipinski definition) is 1. The van der Waals surface area contributed by atoms with Crippen LogP contribution < -0.4 is 0 Å². The summed E-state index contributed by atoms with van der Waals surface area (Å²) >= 11 is 0. The summed E-state index contributed by atoms with van der Waals surface area (Å²) in [5.74, 6) is -1.16. The van der Waals surface area contributed by atoms with Gasteiger partial charge in [0.2, 0.25) is 0 Å². The molecule has 1 nitrogen and oxygen atoms in total. The summed E-state index contributed by atoms with van der Waals surface area (Å²) in [5, 5.41) is 0. The molecule has 0 aliphatic heterocycles. The summed E-state index contributed by atoms with van der Waals surface area (Å²) in [6, 6.07) is 0. The van der Waals surface area contributed by atoms with E-state index in [0.717, 1.165) is 6.92 Å². The smallest absolute Gasteiger partial charge is 0.0560 e. The number of rotatable bonds is 1. The molecule has 7 heavy (non-hydrogen) atoms. The van der Waals surface area contributed by atoms with E-state index in [1.54, 1.807) is 0 Å². The van der Waals surface area contributed by atoms with Gasteiger partial charge in [-0.2, -0.15) is 0 Å². The van der Waals surface area contributed by atoms with E-state index in [4.69, 9.17) is 0 Å². The molecule has 0 aromatic carbocycles. The predicted octanol–water partition coefficient (Wildman–Crippen LogP) is 1.00. The summed E-state index contributed by atoms with van der Waals surface area (Å²) in [6.45, 7) is 0.815. The Morgan fingerprint density at radius 1 is 1.57 bits per heavy atom. The van der Waals surface area contributed by atoms with Crippen molar-refractivity contribution in [1.82, 2.24) is 0 Å². The third kappa shape index (κ3) is 6.50. The Bertz CT molecular complexity index is 64.0. The molecule has 0 saturated carbocycles. The van der Waals surface area contributed by atoms with Crippen molar-refractivity contribution >= 4 is 5.78 Å². The molecular weight excluding hydrogens is 179 g/mol. The van der Waals surface area contributed by atoms with E-state index < -0.39 is 12.2 Å². The van der Waals surface area contributed by atoms with Gasteiger partial charge in [-0.05, 0) is 6.92 Å². The van der Waals surface area contributed by atoms with E-state index >= 15 is 0 Å². The molecule has 0 rings (SSSR count). The van der Waals surface area contributed by atoms with Crippen LogP contribution in [-0.4, -0.2) is 5.78 Å². The molecule has 1 radical (unpaired) electrons. The third-order valence-corrected chi connectivity index (χ3v) is 0.266. The number of carbonyl (C=O) groups is 1. The number of halogens is 2. The van der Waals surface area contributed by atoms with Gasteiger partial charge in [0.1, 0.15) is 0 Å². The Kier molecular flexibility index (Phi) is 6.97. The zero-order valence-corrected chi connectivity index (χ0v) is 6.58. The molecule has 0 heterocycles. The zero-order chi connectivity index (χ0) is 5.15. The minimum Gasteiger partial charge on any atom is -0.392 e. The molecule has 0 atom stereocenters. The fourth-order valence-corrected chi connectivity index (χ4v) is 0. The molecule has 0 aromatic rings. The molecule has 0 fully saturated rings. The van der Waals surface area contributed by atoms with Crippen LogP contribution in [0.25, 0.3) is 0 Å². The van der Waals surface area contributed by atoms with Crippen LogP contribution in [-0.2, 0) is 37.5 Å². The number of ketones is 1. The van der Waals surface area contributed by atoms with Gasteiger partial charge in [0.15, 0.2) is 0 Å². The number of hydrogen-bond donors (Lipinski definition) is 0. The Hall–Kier alpha value is 0.504. The molecule has 0 spiro atoms. The zero-order valence-electron chi connectivity index (χ0n) is 3.74. The summed E-state index contributed by atoms with van der Waals surface area (Å²) in [5.41, 5.74) is 0. The summed E-state index contributed by atoms with van der Waals surface area (Å²) in [4.78, 5) is 9.36. The average Bonchev–Trinajstić information content (AvgIpc) is 1.36. The SMILES string of the molecule is CC(=O)[C-](F)F.[Y]. The minimum atomic E-state index is -2.13. The quantitative estimate of drug-likeness (QED) is 0.553. The monoisotopic (exact) mass is 182 g/mol. The fraction of sp³-hybridized carbons (Fsp3) is 0.333. The van der Waals surface area contributed by atoms with Gasteiger partial charge in [0.25, 0.3) is 0 Å². The van der Waals surface area contributed by atoms with Gasteiger partial charge in [-0.3, -0.25) is 0 Å². The van der Waals surface area contributed by atoms with E-state index in [-0.39, 0.29) is 32.7 Å². The first kappa shape index (κ1) is 10.5. The second-order valence-electron chi connectivity index (χ2n) is 0.817. The van der Waals surface area contributed by atoms with Crippen LogP contribution in [0.2, 0.25) is 0 Å². The number of carbonyl (C=O) groups excluding carboxylic acids is 1. The van der Waals surface area contributed by atoms with Crippen molar-refractivity contribution in [3.63, 3.8) is 0 Å². The maximum Gasteiger partial charge on any atom is 0.0560 e. The van der Waals surface area contributed by atoms with Gasteiger partial charge in [-0.25, -0.2) is 0 Å². The molecule has 0 aliphatic rings. The third-order valence-electron chi connectivity index (χ3n) is 0.266. The topological polar surface area (TPSA) is 17.1 Å². The van der Waals surface area contributed by atoms with Gasteiger partial charge < -0.3 is 13.6 Å². The number of Topliss-reactive ketones (excluding diaryl/α,β-unsaturated/α-hetero) is 1. The largest absolute Gasteiger partial charge is 0.392 e. The van der Waals surface area contributed by atoms with E-state index in [0.29, 0.717) is 0 Å². The van der Waals surface area contributed by atoms with E-state index in [1.807, 2.05) is 0 Å². The summed E-state index contributed by atoms with van der Waals surface area (Å²) < 4.78 is 21.4. The fourth-order valence-electron chi connectivity index (χ4n) is 0. The summed E-state index contributed by atoms with van der Waals surface area (Å²) in [7, 11) is 0. The Morgan fingerprint density at radius 2 is 1.71 bits per heavy atom. The maximum atomic E-state index is 10.7. The van der Waals surface area contributed by atoms with Gasteiger partial charge in [0, 0.05) is 39.1 Å². The van der Waals surface area contributed by atoms with Crippen LogP contribution in [0.5, 0.6) is 0 Å². The standard InChI is InChI=1S/C3H3F2O.Y/c1-2(6)3(4)5;/h1H3;/q-1;. The maximum absolute atomic E-state index is 10.7. The van der Waals surface area contributed by atoms with Crippen LogP contribution in [0, 0.1) is 6.43 Å². The molecule has 0 bridgehead atoms. The Morgan fingerprint density at radius 3 is 1.71 bits per heavy atom. The predicted molar refractivity (Wildman–Crippen MR) is 16.1 cm³/mol. The van der Waals surface area contributed by atoms with Gasteiger partial charge in [-0.1, -0.05) is 0 Å². The van der Waals surface area contributed by atoms with Crippen molar-refractivity contribution in [1.29, 1.82) is 0 Å². The molecule has 0 N–H and O–H groups in total. The molecule has 0 unspecified atom stereocenters. The van der Waals surface area contributed by atoms with Crippen LogP contribution in [0.15, 0.2) is 0 Å². The van der Waals surface area contributed by atoms with Gasteiger partial charge in [-0.15, -0.1) is 0 Å². The Balaban J connectivity index is 0. The van der Waals surface area contributed by atoms with Crippen molar-refractivity contribution in [3.8, 4) is 0 Å². The molecule has 0 aromatic heterocycles. The van der Waals surface area contributed by atoms with Crippen molar-refractivity contribution in [2.24, 2.45) is 0 Å². The summed E-state index contributed by atoms with van der Waals surface area (Å²) in [6.07, 6.45) is -2.13. The second kappa shape index (κ2) is 4.66. The van der Waals surface area contributed by atoms with Crippen molar-refractivity contribution in [3.05, 3.63) is 6.43 Å². The molecular formula is C3H3F2OY-. The van der Waals surface area contributed by atoms with E-state index in [9.17, 15) is 13.6 Å². The normalized spacial score (nSPS) is 6.71.